The van der Waals surface area contributed by atoms with Gasteiger partial charge in [0, 0.05) is 24.0 Å². The van der Waals surface area contributed by atoms with Crippen LogP contribution in [-0.2, 0) is 5.41 Å². The number of aryl methyl sites for hydroxylation is 2. The zero-order valence-electron chi connectivity index (χ0n) is 12.1. The second-order valence-electron chi connectivity index (χ2n) is 6.67. The Morgan fingerprint density at radius 1 is 1.28 bits per heavy atom. The highest BCUT2D eigenvalue weighted by Gasteiger charge is 2.38. The van der Waals surface area contributed by atoms with Crippen LogP contribution in [0.25, 0.3) is 0 Å². The molecule has 3 N–H and O–H groups in total. The first-order chi connectivity index (χ1) is 8.32. The lowest BCUT2D eigenvalue weighted by Gasteiger charge is -2.28. The van der Waals surface area contributed by atoms with E-state index in [0.29, 0.717) is 0 Å². The van der Waals surface area contributed by atoms with Crippen molar-refractivity contribution in [1.82, 2.24) is 5.32 Å². The highest BCUT2D eigenvalue weighted by molar-refractivity contribution is 5.36. The lowest BCUT2D eigenvalue weighted by Crippen LogP contribution is -2.41. The van der Waals surface area contributed by atoms with Crippen molar-refractivity contribution in [3.05, 3.63) is 34.9 Å². The Kier molecular flexibility index (Phi) is 3.52. The van der Waals surface area contributed by atoms with Crippen LogP contribution in [0.1, 0.15) is 43.4 Å². The number of rotatable bonds is 5. The van der Waals surface area contributed by atoms with Gasteiger partial charge in [0.2, 0.25) is 0 Å². The lowest BCUT2D eigenvalue weighted by molar-refractivity contribution is 0.446. The summed E-state index contributed by atoms with van der Waals surface area (Å²) in [5.74, 6) is 0. The summed E-state index contributed by atoms with van der Waals surface area (Å²) in [6.45, 7) is 10.9. The highest BCUT2D eigenvalue weighted by atomic mass is 15.0. The predicted octanol–water partition coefficient (Wildman–Crippen LogP) is 2.66. The van der Waals surface area contributed by atoms with Crippen LogP contribution in [-0.4, -0.2) is 18.6 Å². The van der Waals surface area contributed by atoms with Crippen molar-refractivity contribution in [2.75, 3.05) is 13.1 Å². The van der Waals surface area contributed by atoms with Gasteiger partial charge >= 0.3 is 0 Å². The zero-order chi connectivity index (χ0) is 13.4. The number of nitrogens with two attached hydrogens (primary N) is 1. The Balaban J connectivity index is 2.02. The van der Waals surface area contributed by atoms with E-state index in [0.717, 1.165) is 13.1 Å². The van der Waals surface area contributed by atoms with Gasteiger partial charge in [-0.25, -0.2) is 0 Å². The molecule has 1 aliphatic rings. The van der Waals surface area contributed by atoms with Gasteiger partial charge in [0.05, 0.1) is 0 Å². The van der Waals surface area contributed by atoms with Gasteiger partial charge < -0.3 is 11.1 Å². The van der Waals surface area contributed by atoms with Crippen LogP contribution in [0.3, 0.4) is 0 Å². The van der Waals surface area contributed by atoms with Crippen molar-refractivity contribution in [2.45, 2.75) is 51.5 Å². The van der Waals surface area contributed by atoms with E-state index in [4.69, 9.17) is 5.73 Å². The third-order valence-corrected chi connectivity index (χ3v) is 4.06. The monoisotopic (exact) mass is 246 g/mol. The molecule has 0 atom stereocenters. The van der Waals surface area contributed by atoms with E-state index in [1.165, 1.54) is 29.5 Å². The summed E-state index contributed by atoms with van der Waals surface area (Å²) in [6, 6.07) is 6.71. The van der Waals surface area contributed by atoms with E-state index in [1.54, 1.807) is 0 Å². The maximum atomic E-state index is 6.11. The van der Waals surface area contributed by atoms with Crippen molar-refractivity contribution in [3.8, 4) is 0 Å². The first-order valence-corrected chi connectivity index (χ1v) is 6.90. The number of hydrogen-bond acceptors (Lipinski definition) is 2. The molecule has 1 saturated carbocycles. The normalized spacial score (nSPS) is 17.8. The van der Waals surface area contributed by atoms with Crippen molar-refractivity contribution in [1.29, 1.82) is 0 Å². The zero-order valence-corrected chi connectivity index (χ0v) is 12.1. The molecule has 1 aliphatic carbocycles. The minimum atomic E-state index is 0.0950. The third kappa shape index (κ3) is 3.12. The second-order valence-corrected chi connectivity index (χ2v) is 6.67. The van der Waals surface area contributed by atoms with Crippen LogP contribution in [0.2, 0.25) is 0 Å². The smallest absolute Gasteiger partial charge is 0.0282 e. The summed E-state index contributed by atoms with van der Waals surface area (Å²) in [7, 11) is 0. The number of nitrogens with one attached hydrogen (secondary N) is 1. The Labute approximate surface area is 111 Å². The second kappa shape index (κ2) is 4.67. The number of benzene rings is 1. The van der Waals surface area contributed by atoms with E-state index in [-0.39, 0.29) is 11.0 Å². The molecule has 0 heterocycles. The fourth-order valence-corrected chi connectivity index (χ4v) is 2.52. The molecular formula is C16H26N2. The summed E-state index contributed by atoms with van der Waals surface area (Å²) in [6.07, 6.45) is 2.34. The molecule has 0 aromatic heterocycles. The van der Waals surface area contributed by atoms with Crippen LogP contribution in [0, 0.1) is 13.8 Å². The summed E-state index contributed by atoms with van der Waals surface area (Å²) >= 11 is 0. The molecule has 1 aromatic rings. The van der Waals surface area contributed by atoms with E-state index >= 15 is 0 Å². The van der Waals surface area contributed by atoms with Crippen LogP contribution >= 0.6 is 0 Å². The molecule has 1 aromatic carbocycles. The van der Waals surface area contributed by atoms with Gasteiger partial charge in [0.25, 0.3) is 0 Å². The number of hydrogen-bond donors (Lipinski definition) is 2. The average molecular weight is 246 g/mol. The largest absolute Gasteiger partial charge is 0.324 e. The summed E-state index contributed by atoms with van der Waals surface area (Å²) in [4.78, 5) is 0. The molecule has 1 fully saturated rings. The van der Waals surface area contributed by atoms with Crippen LogP contribution < -0.4 is 11.1 Å². The fourth-order valence-electron chi connectivity index (χ4n) is 2.52. The Bertz CT molecular complexity index is 431. The molecule has 0 radical (unpaired) electrons. The van der Waals surface area contributed by atoms with Crippen LogP contribution in [0.5, 0.6) is 0 Å². The van der Waals surface area contributed by atoms with Crippen molar-refractivity contribution < 1.29 is 0 Å². The van der Waals surface area contributed by atoms with E-state index in [1.807, 2.05) is 0 Å². The summed E-state index contributed by atoms with van der Waals surface area (Å²) < 4.78 is 0. The molecule has 2 rings (SSSR count). The Morgan fingerprint density at radius 3 is 2.56 bits per heavy atom. The topological polar surface area (TPSA) is 38.0 Å². The van der Waals surface area contributed by atoms with Crippen molar-refractivity contribution in [3.63, 3.8) is 0 Å². The molecular weight excluding hydrogens is 220 g/mol. The van der Waals surface area contributed by atoms with Gasteiger partial charge in [0.15, 0.2) is 0 Å². The van der Waals surface area contributed by atoms with Crippen LogP contribution in [0.4, 0.5) is 0 Å². The molecule has 2 heteroatoms. The van der Waals surface area contributed by atoms with E-state index < -0.39 is 0 Å². The van der Waals surface area contributed by atoms with Crippen LogP contribution in [0.15, 0.2) is 18.2 Å². The first-order valence-electron chi connectivity index (χ1n) is 6.90. The molecule has 18 heavy (non-hydrogen) atoms. The molecule has 0 bridgehead atoms. The Morgan fingerprint density at radius 2 is 1.94 bits per heavy atom. The fraction of sp³-hybridized carbons (Fsp3) is 0.625. The lowest BCUT2D eigenvalue weighted by atomic mass is 9.81. The maximum absolute atomic E-state index is 6.11. The summed E-state index contributed by atoms with van der Waals surface area (Å²) in [5, 5.41) is 3.55. The van der Waals surface area contributed by atoms with Gasteiger partial charge in [-0.1, -0.05) is 37.6 Å². The summed E-state index contributed by atoms with van der Waals surface area (Å²) in [5.41, 5.74) is 10.5. The minimum Gasteiger partial charge on any atom is -0.324 e. The first kappa shape index (κ1) is 13.6. The molecule has 0 spiro atoms. The quantitative estimate of drug-likeness (QED) is 0.838. The SMILES string of the molecule is Cc1ccc(C)c(C(C)(C)CNCC2(N)CC2)c1. The van der Waals surface area contributed by atoms with Gasteiger partial charge in [-0.15, -0.1) is 0 Å². The molecule has 0 aliphatic heterocycles. The van der Waals surface area contributed by atoms with Crippen molar-refractivity contribution in [2.24, 2.45) is 5.73 Å². The Hall–Kier alpha value is -0.860. The third-order valence-electron chi connectivity index (χ3n) is 4.06. The standard InChI is InChI=1S/C16H26N2/c1-12-5-6-13(2)14(9-12)15(3,4)10-18-11-16(17)7-8-16/h5-6,9,18H,7-8,10-11,17H2,1-4H3. The molecule has 0 unspecified atom stereocenters. The molecule has 0 amide bonds. The van der Waals surface area contributed by atoms with Crippen molar-refractivity contribution >= 4 is 0 Å². The van der Waals surface area contributed by atoms with Gasteiger partial charge in [0.1, 0.15) is 0 Å². The van der Waals surface area contributed by atoms with E-state index in [9.17, 15) is 0 Å². The molecule has 2 nitrogen and oxygen atoms in total. The van der Waals surface area contributed by atoms with E-state index in [2.05, 4.69) is 51.2 Å². The maximum Gasteiger partial charge on any atom is 0.0282 e. The molecule has 100 valence electrons. The molecule has 0 saturated heterocycles. The minimum absolute atomic E-state index is 0.0950. The van der Waals surface area contributed by atoms with Gasteiger partial charge in [-0.2, -0.15) is 0 Å². The van der Waals surface area contributed by atoms with Gasteiger partial charge in [-0.3, -0.25) is 0 Å². The van der Waals surface area contributed by atoms with Gasteiger partial charge in [-0.05, 0) is 37.8 Å². The highest BCUT2D eigenvalue weighted by Crippen LogP contribution is 2.32. The predicted molar refractivity (Wildman–Crippen MR) is 78.0 cm³/mol. The average Bonchev–Trinajstić information content (AvgIpc) is 3.00.